The lowest BCUT2D eigenvalue weighted by molar-refractivity contribution is 0.669. The first-order chi connectivity index (χ1) is 29.2. The standard InChI is InChI=1S/C46H28O/c1-2-13-29(14-3-1)32-25-26-39(34-18-7-6-17-33(32)34)44-35-19-8-10-21-37(35)45(38-22-11-9-20-36(38)44)40-23-12-24-42-46(40)41-27-30-15-4-5-16-31(30)28-43(41)47-42/h1-28H/i1D,2D,3D,4D,5D,12D,13D,14D,15D,16D,23D,24D,27D,28D. The Kier molecular flexibility index (Phi) is 3.44. The molecule has 0 saturated heterocycles. The van der Waals surface area contributed by atoms with E-state index in [0.717, 1.165) is 27.3 Å². The first-order valence-electron chi connectivity index (χ1n) is 22.1. The Bertz CT molecular complexity index is 3560. The highest BCUT2D eigenvalue weighted by Gasteiger charge is 2.21. The number of hydrogen-bond donors (Lipinski definition) is 0. The maximum atomic E-state index is 9.51. The van der Waals surface area contributed by atoms with E-state index in [1.54, 1.807) is 6.07 Å². The molecule has 0 radical (unpaired) electrons. The average Bonchev–Trinajstić information content (AvgIpc) is 3.68. The molecule has 1 heteroatoms. The zero-order valence-corrected chi connectivity index (χ0v) is 24.5. The summed E-state index contributed by atoms with van der Waals surface area (Å²) >= 11 is 0. The molecular formula is C46H28O. The summed E-state index contributed by atoms with van der Waals surface area (Å²) in [5.74, 6) is 0. The summed E-state index contributed by atoms with van der Waals surface area (Å²) in [5.41, 5.74) is 2.38. The highest BCUT2D eigenvalue weighted by atomic mass is 16.3. The molecule has 1 heterocycles. The molecule has 0 saturated carbocycles. The van der Waals surface area contributed by atoms with Crippen LogP contribution in [0.3, 0.4) is 0 Å². The van der Waals surface area contributed by atoms with Crippen LogP contribution in [0.15, 0.2) is 174 Å². The molecule has 10 rings (SSSR count). The van der Waals surface area contributed by atoms with Crippen LogP contribution in [0.1, 0.15) is 19.2 Å². The number of benzene rings is 9. The van der Waals surface area contributed by atoms with E-state index in [9.17, 15) is 2.74 Å². The van der Waals surface area contributed by atoms with E-state index >= 15 is 0 Å². The number of fused-ring (bicyclic) bond motifs is 7. The fourth-order valence-corrected chi connectivity index (χ4v) is 6.91. The summed E-state index contributed by atoms with van der Waals surface area (Å²) < 4.78 is 129. The van der Waals surface area contributed by atoms with Crippen molar-refractivity contribution in [3.63, 3.8) is 0 Å². The predicted molar refractivity (Wildman–Crippen MR) is 200 cm³/mol. The van der Waals surface area contributed by atoms with Gasteiger partial charge < -0.3 is 4.42 Å². The minimum atomic E-state index is -0.574. The van der Waals surface area contributed by atoms with Crippen LogP contribution >= 0.6 is 0 Å². The molecule has 0 spiro atoms. The first-order valence-corrected chi connectivity index (χ1v) is 15.1. The lowest BCUT2D eigenvalue weighted by atomic mass is 9.83. The lowest BCUT2D eigenvalue weighted by Crippen LogP contribution is -1.92. The zero-order chi connectivity index (χ0) is 43.1. The van der Waals surface area contributed by atoms with Crippen molar-refractivity contribution in [2.45, 2.75) is 0 Å². The zero-order valence-electron chi connectivity index (χ0n) is 38.5. The van der Waals surface area contributed by atoms with Gasteiger partial charge in [0, 0.05) is 10.8 Å². The Morgan fingerprint density at radius 3 is 1.57 bits per heavy atom. The Morgan fingerprint density at radius 1 is 0.383 bits per heavy atom. The quantitative estimate of drug-likeness (QED) is 0.181. The third-order valence-corrected chi connectivity index (χ3v) is 8.84. The van der Waals surface area contributed by atoms with Crippen molar-refractivity contribution in [1.82, 2.24) is 0 Å². The van der Waals surface area contributed by atoms with E-state index in [-0.39, 0.29) is 68.0 Å². The van der Waals surface area contributed by atoms with Gasteiger partial charge in [-0.15, -0.1) is 0 Å². The molecule has 0 aliphatic heterocycles. The van der Waals surface area contributed by atoms with Crippen molar-refractivity contribution in [2.75, 3.05) is 0 Å². The van der Waals surface area contributed by atoms with Gasteiger partial charge in [0.1, 0.15) is 11.2 Å². The average molecular weight is 611 g/mol. The van der Waals surface area contributed by atoms with Crippen LogP contribution in [-0.2, 0) is 0 Å². The van der Waals surface area contributed by atoms with Gasteiger partial charge in [-0.3, -0.25) is 0 Å². The largest absolute Gasteiger partial charge is 0.456 e. The maximum Gasteiger partial charge on any atom is 0.136 e. The fourth-order valence-electron chi connectivity index (χ4n) is 6.91. The highest BCUT2D eigenvalue weighted by Crippen LogP contribution is 2.48. The molecule has 0 fully saturated rings. The molecule has 1 nitrogen and oxygen atoms in total. The molecule has 218 valence electrons. The van der Waals surface area contributed by atoms with Gasteiger partial charge in [-0.2, -0.15) is 0 Å². The molecule has 0 N–H and O–H groups in total. The van der Waals surface area contributed by atoms with Crippen molar-refractivity contribution in [3.8, 4) is 33.4 Å². The summed E-state index contributed by atoms with van der Waals surface area (Å²) in [6.45, 7) is 0. The second-order valence-corrected chi connectivity index (χ2v) is 11.3. The van der Waals surface area contributed by atoms with Crippen molar-refractivity contribution in [1.29, 1.82) is 0 Å². The van der Waals surface area contributed by atoms with Gasteiger partial charge in [0.2, 0.25) is 0 Å². The molecule has 0 unspecified atom stereocenters. The van der Waals surface area contributed by atoms with E-state index in [1.165, 1.54) is 0 Å². The fraction of sp³-hybridized carbons (Fsp3) is 0. The first kappa shape index (κ1) is 15.9. The van der Waals surface area contributed by atoms with E-state index in [0.29, 0.717) is 27.3 Å². The summed E-state index contributed by atoms with van der Waals surface area (Å²) in [5, 5.41) is 3.80. The third-order valence-electron chi connectivity index (χ3n) is 8.84. The molecule has 0 amide bonds. The van der Waals surface area contributed by atoms with Crippen LogP contribution in [0.25, 0.3) is 98.4 Å². The molecular weight excluding hydrogens is 569 g/mol. The van der Waals surface area contributed by atoms with Crippen molar-refractivity contribution >= 4 is 65.0 Å². The normalized spacial score (nSPS) is 16.0. The molecule has 0 atom stereocenters. The topological polar surface area (TPSA) is 13.1 Å². The molecule has 0 aliphatic rings. The van der Waals surface area contributed by atoms with Gasteiger partial charge in [-0.25, -0.2) is 0 Å². The molecule has 1 aromatic heterocycles. The summed E-state index contributed by atoms with van der Waals surface area (Å²) in [7, 11) is 0. The van der Waals surface area contributed by atoms with Gasteiger partial charge in [0.25, 0.3) is 0 Å². The van der Waals surface area contributed by atoms with E-state index < -0.39 is 60.4 Å². The van der Waals surface area contributed by atoms with Gasteiger partial charge in [0.15, 0.2) is 0 Å². The summed E-state index contributed by atoms with van der Waals surface area (Å²) in [6, 6.07) is 19.9. The van der Waals surface area contributed by atoms with Crippen LogP contribution in [0.5, 0.6) is 0 Å². The SMILES string of the molecule is [2H]c1c([2H])c([2H])c(-c2ccc(-c3c4ccccc4c(-c4c([2H])c([2H])c([2H])c5oc6c([2H])c7c([2H])c([2H])c([2H])c([2H])c7c([2H])c6c45)c4ccccc34)c3ccccc23)c([2H])c1[2H]. The van der Waals surface area contributed by atoms with Crippen LogP contribution in [0.4, 0.5) is 0 Å². The van der Waals surface area contributed by atoms with Crippen molar-refractivity contribution in [2.24, 2.45) is 0 Å². The molecule has 10 aromatic rings. The monoisotopic (exact) mass is 610 g/mol. The summed E-state index contributed by atoms with van der Waals surface area (Å²) in [6.07, 6.45) is 0. The molecule has 0 aliphatic carbocycles. The van der Waals surface area contributed by atoms with Crippen LogP contribution < -0.4 is 0 Å². The number of rotatable bonds is 3. The predicted octanol–water partition coefficient (Wildman–Crippen LogP) is 13.2. The number of furan rings is 1. The summed E-state index contributed by atoms with van der Waals surface area (Å²) in [4.78, 5) is 0. The second-order valence-electron chi connectivity index (χ2n) is 11.3. The third kappa shape index (κ3) is 3.90. The van der Waals surface area contributed by atoms with Crippen molar-refractivity contribution in [3.05, 3.63) is 170 Å². The minimum absolute atomic E-state index is 0.0130. The van der Waals surface area contributed by atoms with Crippen molar-refractivity contribution < 1.29 is 23.6 Å². The maximum absolute atomic E-state index is 9.51. The lowest BCUT2D eigenvalue weighted by Gasteiger charge is -2.20. The van der Waals surface area contributed by atoms with E-state index in [1.807, 2.05) is 78.9 Å². The van der Waals surface area contributed by atoms with Crippen LogP contribution in [-0.4, -0.2) is 0 Å². The highest BCUT2D eigenvalue weighted by molar-refractivity contribution is 6.27. The van der Waals surface area contributed by atoms with Crippen LogP contribution in [0, 0.1) is 0 Å². The van der Waals surface area contributed by atoms with Gasteiger partial charge in [-0.1, -0.05) is 151 Å². The molecule has 0 bridgehead atoms. The second kappa shape index (κ2) is 10.2. The number of hydrogen-bond acceptors (Lipinski definition) is 1. The van der Waals surface area contributed by atoms with E-state index in [2.05, 4.69) is 0 Å². The van der Waals surface area contributed by atoms with E-state index in [4.69, 9.17) is 20.9 Å². The smallest absolute Gasteiger partial charge is 0.136 e. The van der Waals surface area contributed by atoms with Gasteiger partial charge in [-0.05, 0) is 94.6 Å². The van der Waals surface area contributed by atoms with Gasteiger partial charge >= 0.3 is 0 Å². The Labute approximate surface area is 291 Å². The molecule has 9 aromatic carbocycles. The van der Waals surface area contributed by atoms with Crippen LogP contribution in [0.2, 0.25) is 0 Å². The Morgan fingerprint density at radius 2 is 0.915 bits per heavy atom. The Balaban J connectivity index is 1.36. The minimum Gasteiger partial charge on any atom is -0.456 e. The molecule has 47 heavy (non-hydrogen) atoms. The Hall–Kier alpha value is -6.18. The van der Waals surface area contributed by atoms with Gasteiger partial charge in [0.05, 0.1) is 19.2 Å².